The number of carbonyl (C=O) groups is 1. The van der Waals surface area contributed by atoms with Crippen molar-refractivity contribution in [1.82, 2.24) is 14.7 Å². The second-order valence-electron chi connectivity index (χ2n) is 7.81. The summed E-state index contributed by atoms with van der Waals surface area (Å²) >= 11 is 0. The zero-order valence-corrected chi connectivity index (χ0v) is 15.6. The molecule has 1 aliphatic heterocycles. The van der Waals surface area contributed by atoms with Gasteiger partial charge < -0.3 is 15.5 Å². The molecule has 5 heteroatoms. The van der Waals surface area contributed by atoms with Crippen LogP contribution in [0.15, 0.2) is 24.3 Å². The molecule has 1 amide bonds. The monoisotopic (exact) mass is 332 g/mol. The number of amides is 1. The van der Waals surface area contributed by atoms with E-state index in [1.807, 2.05) is 19.2 Å². The van der Waals surface area contributed by atoms with Gasteiger partial charge in [-0.25, -0.2) is 0 Å². The molecule has 0 saturated carbocycles. The van der Waals surface area contributed by atoms with Crippen LogP contribution in [0.2, 0.25) is 0 Å². The smallest absolute Gasteiger partial charge is 0.253 e. The predicted octanol–water partition coefficient (Wildman–Crippen LogP) is 1.49. The fourth-order valence-corrected chi connectivity index (χ4v) is 3.02. The first-order chi connectivity index (χ1) is 11.3. The molecule has 0 atom stereocenters. The van der Waals surface area contributed by atoms with Crippen LogP contribution in [0.4, 0.5) is 0 Å². The first-order valence-electron chi connectivity index (χ1n) is 8.76. The molecule has 1 fully saturated rings. The Balaban J connectivity index is 1.92. The summed E-state index contributed by atoms with van der Waals surface area (Å²) in [4.78, 5) is 19.1. The van der Waals surface area contributed by atoms with Crippen molar-refractivity contribution in [2.75, 3.05) is 53.4 Å². The largest absolute Gasteiger partial charge is 0.341 e. The highest BCUT2D eigenvalue weighted by molar-refractivity contribution is 5.94. The SMILES string of the molecule is CN1CCN(Cc2ccc(C(=O)N(C)CC(C)(C)CN)cc2)CC1. The van der Waals surface area contributed by atoms with E-state index in [1.165, 1.54) is 5.56 Å². The molecule has 0 unspecified atom stereocenters. The van der Waals surface area contributed by atoms with Gasteiger partial charge in [-0.3, -0.25) is 9.69 Å². The highest BCUT2D eigenvalue weighted by Crippen LogP contribution is 2.16. The average Bonchev–Trinajstić information content (AvgIpc) is 2.56. The number of benzene rings is 1. The van der Waals surface area contributed by atoms with Gasteiger partial charge >= 0.3 is 0 Å². The molecule has 0 aliphatic carbocycles. The Morgan fingerprint density at radius 3 is 2.29 bits per heavy atom. The number of likely N-dealkylation sites (N-methyl/N-ethyl adjacent to an activating group) is 1. The van der Waals surface area contributed by atoms with Crippen LogP contribution in [-0.2, 0) is 6.54 Å². The van der Waals surface area contributed by atoms with Crippen LogP contribution in [0.25, 0.3) is 0 Å². The number of hydrogen-bond donors (Lipinski definition) is 1. The maximum absolute atomic E-state index is 12.5. The number of piperazine rings is 1. The summed E-state index contributed by atoms with van der Waals surface area (Å²) in [6.45, 7) is 10.8. The molecule has 1 aromatic rings. The number of rotatable bonds is 6. The van der Waals surface area contributed by atoms with E-state index in [1.54, 1.807) is 4.90 Å². The van der Waals surface area contributed by atoms with Gasteiger partial charge in [-0.1, -0.05) is 26.0 Å². The summed E-state index contributed by atoms with van der Waals surface area (Å²) in [6, 6.07) is 8.04. The van der Waals surface area contributed by atoms with E-state index in [2.05, 4.69) is 42.8 Å². The van der Waals surface area contributed by atoms with Crippen LogP contribution < -0.4 is 5.73 Å². The molecule has 2 N–H and O–H groups in total. The van der Waals surface area contributed by atoms with Crippen LogP contribution in [0, 0.1) is 5.41 Å². The van der Waals surface area contributed by atoms with Crippen molar-refractivity contribution in [3.8, 4) is 0 Å². The van der Waals surface area contributed by atoms with E-state index in [9.17, 15) is 4.79 Å². The number of nitrogens with two attached hydrogens (primary N) is 1. The van der Waals surface area contributed by atoms with Gasteiger partial charge in [-0.2, -0.15) is 0 Å². The van der Waals surface area contributed by atoms with Crippen molar-refractivity contribution < 1.29 is 4.79 Å². The topological polar surface area (TPSA) is 52.8 Å². The van der Waals surface area contributed by atoms with E-state index in [0.29, 0.717) is 13.1 Å². The van der Waals surface area contributed by atoms with Gasteiger partial charge in [0.25, 0.3) is 5.91 Å². The molecule has 24 heavy (non-hydrogen) atoms. The van der Waals surface area contributed by atoms with Crippen LogP contribution in [-0.4, -0.2) is 74.0 Å². The lowest BCUT2D eigenvalue weighted by Crippen LogP contribution is -2.43. The van der Waals surface area contributed by atoms with E-state index < -0.39 is 0 Å². The maximum atomic E-state index is 12.5. The number of hydrogen-bond acceptors (Lipinski definition) is 4. The Morgan fingerprint density at radius 1 is 1.17 bits per heavy atom. The van der Waals surface area contributed by atoms with Gasteiger partial charge in [0.05, 0.1) is 0 Å². The maximum Gasteiger partial charge on any atom is 0.253 e. The van der Waals surface area contributed by atoms with Gasteiger partial charge in [-0.15, -0.1) is 0 Å². The molecule has 5 nitrogen and oxygen atoms in total. The molecule has 0 spiro atoms. The summed E-state index contributed by atoms with van der Waals surface area (Å²) < 4.78 is 0. The second kappa shape index (κ2) is 8.10. The zero-order chi connectivity index (χ0) is 17.7. The van der Waals surface area contributed by atoms with Crippen molar-refractivity contribution in [3.63, 3.8) is 0 Å². The normalized spacial score (nSPS) is 17.0. The van der Waals surface area contributed by atoms with Gasteiger partial charge in [0.15, 0.2) is 0 Å². The summed E-state index contributed by atoms with van der Waals surface area (Å²) in [7, 11) is 4.01. The molecule has 1 aliphatic rings. The molecular formula is C19H32N4O. The van der Waals surface area contributed by atoms with Gasteiger partial charge in [-0.05, 0) is 36.7 Å². The summed E-state index contributed by atoms with van der Waals surface area (Å²) in [5.41, 5.74) is 7.71. The highest BCUT2D eigenvalue weighted by Gasteiger charge is 2.22. The lowest BCUT2D eigenvalue weighted by molar-refractivity contribution is 0.0740. The van der Waals surface area contributed by atoms with Crippen LogP contribution >= 0.6 is 0 Å². The van der Waals surface area contributed by atoms with Crippen molar-refractivity contribution in [3.05, 3.63) is 35.4 Å². The lowest BCUT2D eigenvalue weighted by Gasteiger charge is -2.32. The fourth-order valence-electron chi connectivity index (χ4n) is 3.02. The Kier molecular flexibility index (Phi) is 6.38. The minimum Gasteiger partial charge on any atom is -0.341 e. The van der Waals surface area contributed by atoms with E-state index in [0.717, 1.165) is 38.3 Å². The number of carbonyl (C=O) groups excluding carboxylic acids is 1. The summed E-state index contributed by atoms with van der Waals surface area (Å²) in [6.07, 6.45) is 0. The third kappa shape index (κ3) is 5.30. The van der Waals surface area contributed by atoms with Crippen LogP contribution in [0.5, 0.6) is 0 Å². The van der Waals surface area contributed by atoms with Crippen molar-refractivity contribution in [1.29, 1.82) is 0 Å². The van der Waals surface area contributed by atoms with Crippen molar-refractivity contribution in [2.45, 2.75) is 20.4 Å². The third-order valence-corrected chi connectivity index (χ3v) is 4.77. The quantitative estimate of drug-likeness (QED) is 0.857. The second-order valence-corrected chi connectivity index (χ2v) is 7.81. The molecule has 0 bridgehead atoms. The van der Waals surface area contributed by atoms with Crippen molar-refractivity contribution >= 4 is 5.91 Å². The summed E-state index contributed by atoms with van der Waals surface area (Å²) in [5, 5.41) is 0. The van der Waals surface area contributed by atoms with E-state index in [-0.39, 0.29) is 11.3 Å². The first kappa shape index (κ1) is 18.9. The minimum atomic E-state index is -0.0637. The first-order valence-corrected chi connectivity index (χ1v) is 8.76. The van der Waals surface area contributed by atoms with Crippen LogP contribution in [0.3, 0.4) is 0 Å². The fraction of sp³-hybridized carbons (Fsp3) is 0.632. The van der Waals surface area contributed by atoms with Gasteiger partial charge in [0.1, 0.15) is 0 Å². The van der Waals surface area contributed by atoms with Crippen LogP contribution in [0.1, 0.15) is 29.8 Å². The number of nitrogens with zero attached hydrogens (tertiary/aromatic N) is 3. The van der Waals surface area contributed by atoms with Crippen molar-refractivity contribution in [2.24, 2.45) is 11.1 Å². The molecule has 0 aromatic heterocycles. The molecule has 2 rings (SSSR count). The summed E-state index contributed by atoms with van der Waals surface area (Å²) in [5.74, 6) is 0.0580. The Labute approximate surface area is 146 Å². The Morgan fingerprint density at radius 2 is 1.75 bits per heavy atom. The molecule has 1 saturated heterocycles. The Hall–Kier alpha value is -1.43. The average molecular weight is 332 g/mol. The lowest BCUT2D eigenvalue weighted by atomic mass is 9.93. The van der Waals surface area contributed by atoms with Gasteiger partial charge in [0, 0.05) is 51.9 Å². The zero-order valence-electron chi connectivity index (χ0n) is 15.6. The highest BCUT2D eigenvalue weighted by atomic mass is 16.2. The minimum absolute atomic E-state index is 0.0580. The molecule has 1 heterocycles. The van der Waals surface area contributed by atoms with E-state index >= 15 is 0 Å². The van der Waals surface area contributed by atoms with Gasteiger partial charge in [0.2, 0.25) is 0 Å². The third-order valence-electron chi connectivity index (χ3n) is 4.77. The van der Waals surface area contributed by atoms with E-state index in [4.69, 9.17) is 5.73 Å². The molecule has 134 valence electrons. The molecular weight excluding hydrogens is 300 g/mol. The molecule has 0 radical (unpaired) electrons. The predicted molar refractivity (Wildman–Crippen MR) is 99.0 cm³/mol. The Bertz CT molecular complexity index is 533. The molecule has 1 aromatic carbocycles. The standard InChI is InChI=1S/C19H32N4O/c1-19(2,14-20)15-22(4)18(24)17-7-5-16(6-8-17)13-23-11-9-21(3)10-12-23/h5-8H,9-15,20H2,1-4H3.